The zero-order valence-corrected chi connectivity index (χ0v) is 15.1. The van der Waals surface area contributed by atoms with Gasteiger partial charge >= 0.3 is 0 Å². The summed E-state index contributed by atoms with van der Waals surface area (Å²) < 4.78 is 18.7. The summed E-state index contributed by atoms with van der Waals surface area (Å²) in [5.74, 6) is 0.443. The van der Waals surface area contributed by atoms with Crippen molar-refractivity contribution in [3.63, 3.8) is 0 Å². The van der Waals surface area contributed by atoms with E-state index in [9.17, 15) is 14.5 Å². The Morgan fingerprint density at radius 3 is 2.33 bits per heavy atom. The molecule has 0 bridgehead atoms. The van der Waals surface area contributed by atoms with Gasteiger partial charge in [-0.25, -0.2) is 4.39 Å². The van der Waals surface area contributed by atoms with Gasteiger partial charge < -0.3 is 10.1 Å². The van der Waals surface area contributed by atoms with E-state index in [-0.39, 0.29) is 23.9 Å². The van der Waals surface area contributed by atoms with Crippen LogP contribution in [-0.2, 0) is 13.2 Å². The van der Waals surface area contributed by atoms with Crippen LogP contribution in [0.15, 0.2) is 72.8 Å². The number of anilines is 1. The van der Waals surface area contributed by atoms with Crippen molar-refractivity contribution in [3.8, 4) is 5.75 Å². The van der Waals surface area contributed by atoms with Crippen LogP contribution in [0.5, 0.6) is 5.75 Å². The average molecular weight is 389 g/mol. The molecular formula is C20H18ClFN2O3. The molecule has 0 heterocycles. The van der Waals surface area contributed by atoms with Gasteiger partial charge in [0, 0.05) is 24.4 Å². The lowest BCUT2D eigenvalue weighted by Crippen LogP contribution is -2.00. The normalized spacial score (nSPS) is 9.96. The summed E-state index contributed by atoms with van der Waals surface area (Å²) in [6, 6.07) is 20.1. The van der Waals surface area contributed by atoms with E-state index in [1.165, 1.54) is 24.3 Å². The molecule has 0 atom stereocenters. The Bertz CT molecular complexity index is 886. The molecule has 3 rings (SSSR count). The molecule has 0 amide bonds. The van der Waals surface area contributed by atoms with Gasteiger partial charge in [0.05, 0.1) is 4.92 Å². The van der Waals surface area contributed by atoms with Gasteiger partial charge in [-0.1, -0.05) is 12.1 Å². The highest BCUT2D eigenvalue weighted by Crippen LogP contribution is 2.18. The van der Waals surface area contributed by atoms with Gasteiger partial charge in [-0.2, -0.15) is 0 Å². The molecule has 5 nitrogen and oxygen atoms in total. The molecule has 0 spiro atoms. The second-order valence-corrected chi connectivity index (χ2v) is 5.72. The average Bonchev–Trinajstić information content (AvgIpc) is 2.66. The molecule has 0 aromatic heterocycles. The highest BCUT2D eigenvalue weighted by atomic mass is 35.5. The van der Waals surface area contributed by atoms with E-state index in [0.717, 1.165) is 16.8 Å². The van der Waals surface area contributed by atoms with Crippen molar-refractivity contribution in [2.24, 2.45) is 0 Å². The molecule has 0 saturated carbocycles. The molecule has 0 aliphatic carbocycles. The van der Waals surface area contributed by atoms with Crippen LogP contribution in [-0.4, -0.2) is 4.92 Å². The van der Waals surface area contributed by atoms with Crippen LogP contribution in [0.2, 0.25) is 0 Å². The summed E-state index contributed by atoms with van der Waals surface area (Å²) in [6.45, 7) is 0.910. The van der Waals surface area contributed by atoms with E-state index >= 15 is 0 Å². The first-order valence-corrected chi connectivity index (χ1v) is 8.05. The molecule has 140 valence electrons. The number of rotatable bonds is 7. The van der Waals surface area contributed by atoms with Crippen molar-refractivity contribution in [1.29, 1.82) is 0 Å². The van der Waals surface area contributed by atoms with Gasteiger partial charge in [0.15, 0.2) is 0 Å². The fourth-order valence-electron chi connectivity index (χ4n) is 2.40. The Morgan fingerprint density at radius 1 is 0.963 bits per heavy atom. The van der Waals surface area contributed by atoms with Crippen LogP contribution in [0.4, 0.5) is 15.8 Å². The quantitative estimate of drug-likeness (QED) is 0.438. The number of nitrogens with zero attached hydrogens (tertiary/aromatic N) is 1. The lowest BCUT2D eigenvalue weighted by atomic mass is 10.2. The second-order valence-electron chi connectivity index (χ2n) is 5.72. The van der Waals surface area contributed by atoms with Crippen molar-refractivity contribution in [1.82, 2.24) is 0 Å². The zero-order chi connectivity index (χ0) is 18.4. The molecule has 1 N–H and O–H groups in total. The first-order valence-electron chi connectivity index (χ1n) is 8.05. The molecule has 0 saturated heterocycles. The van der Waals surface area contributed by atoms with E-state index in [1.54, 1.807) is 24.3 Å². The molecule has 0 aliphatic rings. The van der Waals surface area contributed by atoms with Crippen LogP contribution < -0.4 is 10.1 Å². The number of benzene rings is 3. The Morgan fingerprint density at radius 2 is 1.67 bits per heavy atom. The number of hydrogen-bond donors (Lipinski definition) is 1. The number of ether oxygens (including phenoxy) is 1. The summed E-state index contributed by atoms with van der Waals surface area (Å²) >= 11 is 0. The third-order valence-electron chi connectivity index (χ3n) is 3.79. The van der Waals surface area contributed by atoms with Gasteiger partial charge in [-0.3, -0.25) is 10.1 Å². The molecule has 3 aromatic rings. The summed E-state index contributed by atoms with van der Waals surface area (Å²) in [5.41, 5.74) is 2.77. The monoisotopic (exact) mass is 388 g/mol. The molecule has 0 radical (unpaired) electrons. The van der Waals surface area contributed by atoms with E-state index in [4.69, 9.17) is 4.74 Å². The number of non-ortho nitro benzene ring substituents is 1. The Labute approximate surface area is 162 Å². The first-order chi connectivity index (χ1) is 12.6. The first kappa shape index (κ1) is 20.2. The van der Waals surface area contributed by atoms with Gasteiger partial charge in [0.2, 0.25) is 0 Å². The Hall–Kier alpha value is -3.12. The minimum absolute atomic E-state index is 0. The smallest absolute Gasteiger partial charge is 0.269 e. The Kier molecular flexibility index (Phi) is 7.14. The number of hydrogen-bond acceptors (Lipinski definition) is 4. The van der Waals surface area contributed by atoms with E-state index in [2.05, 4.69) is 5.32 Å². The second kappa shape index (κ2) is 9.54. The third-order valence-corrected chi connectivity index (χ3v) is 3.79. The number of halogens is 2. The lowest BCUT2D eigenvalue weighted by Gasteiger charge is -2.10. The number of nitrogens with one attached hydrogen (secondary N) is 1. The maximum atomic E-state index is 12.9. The molecular weight excluding hydrogens is 371 g/mol. The summed E-state index contributed by atoms with van der Waals surface area (Å²) in [5, 5.41) is 13.9. The van der Waals surface area contributed by atoms with E-state index in [0.29, 0.717) is 18.9 Å². The maximum absolute atomic E-state index is 12.9. The minimum atomic E-state index is -0.428. The van der Waals surface area contributed by atoms with Crippen LogP contribution in [0.3, 0.4) is 0 Å². The van der Waals surface area contributed by atoms with Crippen molar-refractivity contribution >= 4 is 23.8 Å². The predicted octanol–water partition coefficient (Wildman–Crippen LogP) is 5.35. The van der Waals surface area contributed by atoms with Crippen LogP contribution in [0.25, 0.3) is 0 Å². The molecule has 27 heavy (non-hydrogen) atoms. The molecule has 0 unspecified atom stereocenters. The topological polar surface area (TPSA) is 64.4 Å². The highest BCUT2D eigenvalue weighted by Gasteiger charge is 2.04. The van der Waals surface area contributed by atoms with Crippen molar-refractivity contribution in [2.45, 2.75) is 13.2 Å². The van der Waals surface area contributed by atoms with Crippen molar-refractivity contribution in [2.75, 3.05) is 5.32 Å². The highest BCUT2D eigenvalue weighted by molar-refractivity contribution is 5.85. The van der Waals surface area contributed by atoms with E-state index < -0.39 is 4.92 Å². The van der Waals surface area contributed by atoms with Crippen LogP contribution >= 0.6 is 12.4 Å². The fraction of sp³-hybridized carbons (Fsp3) is 0.100. The zero-order valence-electron chi connectivity index (χ0n) is 14.3. The maximum Gasteiger partial charge on any atom is 0.269 e. The van der Waals surface area contributed by atoms with Crippen LogP contribution in [0, 0.1) is 15.9 Å². The Balaban J connectivity index is 0.00000261. The summed E-state index contributed by atoms with van der Waals surface area (Å²) in [4.78, 5) is 10.2. The van der Waals surface area contributed by atoms with E-state index in [1.807, 2.05) is 24.3 Å². The number of nitro benzene ring substituents is 1. The largest absolute Gasteiger partial charge is 0.489 e. The van der Waals surface area contributed by atoms with Gasteiger partial charge in [0.25, 0.3) is 5.69 Å². The standard InChI is InChI=1S/C20H17FN2O3.ClH/c21-17-6-8-18(9-7-17)22-13-16-2-1-3-20(12-16)26-14-15-4-10-19(11-5-15)23(24)25;/h1-12,22H,13-14H2;1H. The summed E-state index contributed by atoms with van der Waals surface area (Å²) in [6.07, 6.45) is 0. The molecule has 0 fully saturated rings. The SMILES string of the molecule is Cl.O=[N+]([O-])c1ccc(COc2cccc(CNc3ccc(F)cc3)c2)cc1. The number of nitro groups is 1. The lowest BCUT2D eigenvalue weighted by molar-refractivity contribution is -0.384. The molecule has 7 heteroatoms. The predicted molar refractivity (Wildman–Crippen MR) is 105 cm³/mol. The van der Waals surface area contributed by atoms with Crippen LogP contribution in [0.1, 0.15) is 11.1 Å². The fourth-order valence-corrected chi connectivity index (χ4v) is 2.40. The van der Waals surface area contributed by atoms with Gasteiger partial charge in [0.1, 0.15) is 18.2 Å². The van der Waals surface area contributed by atoms with Crippen molar-refractivity contribution < 1.29 is 14.1 Å². The third kappa shape index (κ3) is 5.97. The molecule has 0 aliphatic heterocycles. The van der Waals surface area contributed by atoms with Gasteiger partial charge in [-0.15, -0.1) is 12.4 Å². The van der Waals surface area contributed by atoms with Gasteiger partial charge in [-0.05, 0) is 59.7 Å². The minimum Gasteiger partial charge on any atom is -0.489 e. The van der Waals surface area contributed by atoms with Crippen molar-refractivity contribution in [3.05, 3.63) is 99.9 Å². The summed E-state index contributed by atoms with van der Waals surface area (Å²) in [7, 11) is 0. The molecule has 3 aromatic carbocycles.